The Labute approximate surface area is 118 Å². The van der Waals surface area contributed by atoms with Gasteiger partial charge in [0, 0.05) is 4.88 Å². The molecule has 0 radical (unpaired) electrons. The summed E-state index contributed by atoms with van der Waals surface area (Å²) < 4.78 is 26.6. The molecule has 0 fully saturated rings. The zero-order chi connectivity index (χ0) is 13.3. The Hall–Kier alpha value is -0.640. The van der Waals surface area contributed by atoms with Crippen molar-refractivity contribution >= 4 is 34.5 Å². The van der Waals surface area contributed by atoms with E-state index in [-0.39, 0.29) is 5.38 Å². The lowest BCUT2D eigenvalue weighted by molar-refractivity contribution is 0.507. The lowest BCUT2D eigenvalue weighted by atomic mass is 10.1. The van der Waals surface area contributed by atoms with Crippen LogP contribution in [0.15, 0.2) is 24.3 Å². The maximum atomic E-state index is 13.1. The molecule has 1 heterocycles. The van der Waals surface area contributed by atoms with E-state index in [1.807, 2.05) is 13.0 Å². The number of aryl methyl sites for hydroxylation is 1. The second-order valence-corrected chi connectivity index (χ2v) is 6.24. The maximum absolute atomic E-state index is 13.1. The highest BCUT2D eigenvalue weighted by atomic mass is 35.5. The van der Waals surface area contributed by atoms with Gasteiger partial charge in [-0.15, -0.1) is 22.9 Å². The summed E-state index contributed by atoms with van der Waals surface area (Å²) in [5.74, 6) is -1.70. The van der Waals surface area contributed by atoms with E-state index >= 15 is 0 Å². The third-order valence-electron chi connectivity index (χ3n) is 2.58. The van der Waals surface area contributed by atoms with Crippen molar-refractivity contribution in [2.75, 3.05) is 0 Å². The second kappa shape index (κ2) is 5.55. The highest BCUT2D eigenvalue weighted by Crippen LogP contribution is 2.35. The molecule has 96 valence electrons. The number of halogens is 4. The molecule has 1 aromatic heterocycles. The van der Waals surface area contributed by atoms with Gasteiger partial charge in [-0.1, -0.05) is 17.7 Å². The van der Waals surface area contributed by atoms with E-state index in [0.717, 1.165) is 16.5 Å². The minimum absolute atomic E-state index is 0.286. The molecule has 0 saturated carbocycles. The molecule has 1 atom stereocenters. The van der Waals surface area contributed by atoms with Crippen molar-refractivity contribution < 1.29 is 8.78 Å². The lowest BCUT2D eigenvalue weighted by Gasteiger charge is -2.07. The van der Waals surface area contributed by atoms with Crippen molar-refractivity contribution in [2.45, 2.75) is 18.7 Å². The summed E-state index contributed by atoms with van der Waals surface area (Å²) in [6.07, 6.45) is 0.440. The SMILES string of the molecule is Cc1cc(C(Cl)Cc2ccc(F)c(F)c2)sc1Cl. The molecule has 0 N–H and O–H groups in total. The predicted molar refractivity (Wildman–Crippen MR) is 72.7 cm³/mol. The zero-order valence-corrected chi connectivity index (χ0v) is 11.8. The third kappa shape index (κ3) is 3.02. The fraction of sp³-hybridized carbons (Fsp3) is 0.231. The van der Waals surface area contributed by atoms with Gasteiger partial charge < -0.3 is 0 Å². The lowest BCUT2D eigenvalue weighted by Crippen LogP contribution is -1.95. The van der Waals surface area contributed by atoms with Crippen LogP contribution >= 0.6 is 34.5 Å². The Morgan fingerprint density at radius 3 is 2.50 bits per heavy atom. The van der Waals surface area contributed by atoms with Crippen LogP contribution in [-0.4, -0.2) is 0 Å². The zero-order valence-electron chi connectivity index (χ0n) is 9.51. The van der Waals surface area contributed by atoms with Crippen LogP contribution in [0.4, 0.5) is 8.78 Å². The molecule has 5 heteroatoms. The Morgan fingerprint density at radius 1 is 1.22 bits per heavy atom. The van der Waals surface area contributed by atoms with Gasteiger partial charge in [0.2, 0.25) is 0 Å². The first-order chi connectivity index (χ1) is 8.47. The number of thiophene rings is 1. The van der Waals surface area contributed by atoms with Gasteiger partial charge in [-0.05, 0) is 42.7 Å². The van der Waals surface area contributed by atoms with E-state index in [1.165, 1.54) is 23.5 Å². The highest BCUT2D eigenvalue weighted by molar-refractivity contribution is 7.16. The highest BCUT2D eigenvalue weighted by Gasteiger charge is 2.14. The van der Waals surface area contributed by atoms with Crippen molar-refractivity contribution in [3.63, 3.8) is 0 Å². The predicted octanol–water partition coefficient (Wildman–Crippen LogP) is 5.51. The van der Waals surface area contributed by atoms with Gasteiger partial charge in [0.25, 0.3) is 0 Å². The van der Waals surface area contributed by atoms with E-state index in [0.29, 0.717) is 16.3 Å². The molecule has 2 rings (SSSR count). The molecule has 0 bridgehead atoms. The van der Waals surface area contributed by atoms with Crippen molar-refractivity contribution in [3.05, 3.63) is 56.2 Å². The summed E-state index contributed by atoms with van der Waals surface area (Å²) in [5.41, 5.74) is 1.64. The quantitative estimate of drug-likeness (QED) is 0.656. The van der Waals surface area contributed by atoms with E-state index in [1.54, 1.807) is 0 Å². The van der Waals surface area contributed by atoms with Crippen molar-refractivity contribution in [3.8, 4) is 0 Å². The number of hydrogen-bond donors (Lipinski definition) is 0. The van der Waals surface area contributed by atoms with Gasteiger partial charge in [0.05, 0.1) is 9.71 Å². The molecular weight excluding hydrogens is 297 g/mol. The molecule has 1 aromatic carbocycles. The van der Waals surface area contributed by atoms with Gasteiger partial charge in [0.1, 0.15) is 0 Å². The maximum Gasteiger partial charge on any atom is 0.159 e. The Balaban J connectivity index is 2.15. The van der Waals surface area contributed by atoms with Crippen LogP contribution in [0.3, 0.4) is 0 Å². The second-order valence-electron chi connectivity index (χ2n) is 4.03. The Kier molecular flexibility index (Phi) is 4.25. The molecule has 1 unspecified atom stereocenters. The number of rotatable bonds is 3. The number of alkyl halides is 1. The van der Waals surface area contributed by atoms with Crippen LogP contribution in [0.2, 0.25) is 4.34 Å². The minimum Gasteiger partial charge on any atom is -0.204 e. The molecule has 0 aliphatic heterocycles. The van der Waals surface area contributed by atoms with Crippen LogP contribution in [0, 0.1) is 18.6 Å². The van der Waals surface area contributed by atoms with Crippen LogP contribution < -0.4 is 0 Å². The van der Waals surface area contributed by atoms with Crippen molar-refractivity contribution in [1.29, 1.82) is 0 Å². The van der Waals surface area contributed by atoms with Gasteiger partial charge >= 0.3 is 0 Å². The van der Waals surface area contributed by atoms with Gasteiger partial charge in [0.15, 0.2) is 11.6 Å². The first-order valence-electron chi connectivity index (χ1n) is 5.31. The molecule has 0 aliphatic carbocycles. The molecule has 0 amide bonds. The molecule has 18 heavy (non-hydrogen) atoms. The van der Waals surface area contributed by atoms with E-state index < -0.39 is 11.6 Å². The first-order valence-corrected chi connectivity index (χ1v) is 6.94. The topological polar surface area (TPSA) is 0 Å². The molecule has 0 saturated heterocycles. The summed E-state index contributed by atoms with van der Waals surface area (Å²) in [7, 11) is 0. The van der Waals surface area contributed by atoms with E-state index in [4.69, 9.17) is 23.2 Å². The van der Waals surface area contributed by atoms with Crippen molar-refractivity contribution in [1.82, 2.24) is 0 Å². The molecule has 2 aromatic rings. The molecule has 0 aliphatic rings. The fourth-order valence-corrected chi connectivity index (χ4v) is 3.18. The largest absolute Gasteiger partial charge is 0.204 e. The number of hydrogen-bond acceptors (Lipinski definition) is 1. The summed E-state index contributed by atoms with van der Waals surface area (Å²) in [6.45, 7) is 1.91. The summed E-state index contributed by atoms with van der Waals surface area (Å²) in [6, 6.07) is 5.74. The average Bonchev–Trinajstić information content (AvgIpc) is 2.65. The minimum atomic E-state index is -0.850. The Morgan fingerprint density at radius 2 is 1.94 bits per heavy atom. The van der Waals surface area contributed by atoms with Crippen LogP contribution in [0.1, 0.15) is 21.4 Å². The normalized spacial score (nSPS) is 12.7. The van der Waals surface area contributed by atoms with Crippen molar-refractivity contribution in [2.24, 2.45) is 0 Å². The number of benzene rings is 1. The van der Waals surface area contributed by atoms with Gasteiger partial charge in [-0.25, -0.2) is 8.78 Å². The van der Waals surface area contributed by atoms with Crippen LogP contribution in [0.25, 0.3) is 0 Å². The molecular formula is C13H10Cl2F2S. The van der Waals surface area contributed by atoms with E-state index in [2.05, 4.69) is 0 Å². The molecule has 0 nitrogen and oxygen atoms in total. The van der Waals surface area contributed by atoms with Gasteiger partial charge in [-0.3, -0.25) is 0 Å². The van der Waals surface area contributed by atoms with Crippen LogP contribution in [-0.2, 0) is 6.42 Å². The Bertz CT molecular complexity index is 547. The fourth-order valence-electron chi connectivity index (χ4n) is 1.61. The van der Waals surface area contributed by atoms with Gasteiger partial charge in [-0.2, -0.15) is 0 Å². The standard InChI is InChI=1S/C13H10Cl2F2S/c1-7-4-12(18-13(7)15)9(14)5-8-2-3-10(16)11(17)6-8/h2-4,6,9H,5H2,1H3. The first kappa shape index (κ1) is 13.8. The van der Waals surface area contributed by atoms with Crippen LogP contribution in [0.5, 0.6) is 0 Å². The summed E-state index contributed by atoms with van der Waals surface area (Å²) in [4.78, 5) is 0.934. The summed E-state index contributed by atoms with van der Waals surface area (Å²) in [5, 5.41) is -0.286. The third-order valence-corrected chi connectivity index (χ3v) is 4.77. The smallest absolute Gasteiger partial charge is 0.159 e. The summed E-state index contributed by atoms with van der Waals surface area (Å²) >= 11 is 13.6. The average molecular weight is 307 g/mol. The molecule has 0 spiro atoms. The monoisotopic (exact) mass is 306 g/mol. The van der Waals surface area contributed by atoms with E-state index in [9.17, 15) is 8.78 Å².